The van der Waals surface area contributed by atoms with Crippen molar-refractivity contribution in [3.63, 3.8) is 0 Å². The van der Waals surface area contributed by atoms with Crippen LogP contribution in [0.15, 0.2) is 47.9 Å². The third-order valence-corrected chi connectivity index (χ3v) is 7.31. The number of hydrogen-bond donors (Lipinski definition) is 1. The lowest BCUT2D eigenvalue weighted by atomic mass is 10.0. The van der Waals surface area contributed by atoms with Crippen LogP contribution in [0, 0.1) is 0 Å². The number of benzene rings is 1. The molecule has 1 aliphatic rings. The minimum atomic E-state index is -0.0340. The van der Waals surface area contributed by atoms with E-state index in [0.717, 1.165) is 36.9 Å². The van der Waals surface area contributed by atoms with Gasteiger partial charge in [0.05, 0.1) is 11.4 Å². The van der Waals surface area contributed by atoms with Crippen molar-refractivity contribution < 1.29 is 9.59 Å². The van der Waals surface area contributed by atoms with Crippen LogP contribution in [-0.2, 0) is 22.4 Å². The van der Waals surface area contributed by atoms with Gasteiger partial charge in [-0.1, -0.05) is 43.8 Å². The van der Waals surface area contributed by atoms with Crippen molar-refractivity contribution in [1.29, 1.82) is 0 Å². The van der Waals surface area contributed by atoms with Gasteiger partial charge < -0.3 is 10.2 Å². The number of carbonyl (C=O) groups excluding carboxylic acids is 2. The van der Waals surface area contributed by atoms with Gasteiger partial charge >= 0.3 is 0 Å². The van der Waals surface area contributed by atoms with E-state index in [2.05, 4.69) is 57.1 Å². The maximum Gasteiger partial charge on any atom is 0.230 e. The summed E-state index contributed by atoms with van der Waals surface area (Å²) in [4.78, 5) is 30.4. The molecule has 8 nitrogen and oxygen atoms in total. The molecule has 1 aromatic carbocycles. The summed E-state index contributed by atoms with van der Waals surface area (Å²) in [5, 5.41) is 12.8. The minimum Gasteiger partial charge on any atom is -0.353 e. The molecule has 1 saturated heterocycles. The van der Waals surface area contributed by atoms with Crippen LogP contribution >= 0.6 is 11.8 Å². The zero-order chi connectivity index (χ0) is 24.8. The second-order valence-electron chi connectivity index (χ2n) is 8.65. The van der Waals surface area contributed by atoms with Gasteiger partial charge in [0, 0.05) is 44.0 Å². The Morgan fingerprint density at radius 3 is 2.37 bits per heavy atom. The molecule has 2 aromatic heterocycles. The van der Waals surface area contributed by atoms with Crippen molar-refractivity contribution in [2.45, 2.75) is 57.7 Å². The summed E-state index contributed by atoms with van der Waals surface area (Å²) in [6.07, 6.45) is 6.83. The summed E-state index contributed by atoms with van der Waals surface area (Å²) < 4.78 is 2.08. The largest absolute Gasteiger partial charge is 0.353 e. The number of hydrogen-bond acceptors (Lipinski definition) is 6. The molecule has 0 radical (unpaired) electrons. The van der Waals surface area contributed by atoms with Crippen LogP contribution in [0.1, 0.15) is 44.7 Å². The number of nitrogens with one attached hydrogen (secondary N) is 1. The highest BCUT2D eigenvalue weighted by Gasteiger charge is 2.24. The van der Waals surface area contributed by atoms with Gasteiger partial charge in [-0.05, 0) is 48.9 Å². The first kappa shape index (κ1) is 24.9. The number of pyridine rings is 1. The molecular formula is C26H32N6O2S. The van der Waals surface area contributed by atoms with Crippen molar-refractivity contribution in [2.24, 2.45) is 0 Å². The third-order valence-electron chi connectivity index (χ3n) is 6.38. The number of para-hydroxylation sites is 1. The van der Waals surface area contributed by atoms with E-state index >= 15 is 0 Å². The van der Waals surface area contributed by atoms with Crippen LogP contribution in [-0.4, -0.2) is 61.3 Å². The quantitative estimate of drug-likeness (QED) is 0.482. The highest BCUT2D eigenvalue weighted by Crippen LogP contribution is 2.32. The van der Waals surface area contributed by atoms with Gasteiger partial charge in [-0.25, -0.2) is 0 Å². The molecule has 1 fully saturated rings. The van der Waals surface area contributed by atoms with Gasteiger partial charge in [0.2, 0.25) is 11.8 Å². The first-order chi connectivity index (χ1) is 17.0. The zero-order valence-corrected chi connectivity index (χ0v) is 21.3. The molecule has 184 valence electrons. The second-order valence-corrected chi connectivity index (χ2v) is 9.59. The van der Waals surface area contributed by atoms with E-state index in [0.29, 0.717) is 24.1 Å². The lowest BCUT2D eigenvalue weighted by Gasteiger charge is -2.31. The predicted octanol–water partition coefficient (Wildman–Crippen LogP) is 3.67. The lowest BCUT2D eigenvalue weighted by molar-refractivity contribution is -0.130. The fourth-order valence-corrected chi connectivity index (χ4v) is 5.24. The van der Waals surface area contributed by atoms with Crippen molar-refractivity contribution in [3.05, 3.63) is 53.9 Å². The number of aryl methyl sites for hydroxylation is 2. The number of thioether (sulfide) groups is 1. The molecule has 3 heterocycles. The Morgan fingerprint density at radius 2 is 1.77 bits per heavy atom. The Labute approximate surface area is 210 Å². The van der Waals surface area contributed by atoms with Crippen LogP contribution in [0.3, 0.4) is 0 Å². The van der Waals surface area contributed by atoms with Gasteiger partial charge in [0.25, 0.3) is 0 Å². The third kappa shape index (κ3) is 5.73. The zero-order valence-electron chi connectivity index (χ0n) is 20.5. The summed E-state index contributed by atoms with van der Waals surface area (Å²) in [7, 11) is 0. The molecule has 35 heavy (non-hydrogen) atoms. The highest BCUT2D eigenvalue weighted by molar-refractivity contribution is 7.99. The summed E-state index contributed by atoms with van der Waals surface area (Å²) in [5.74, 6) is 1.02. The number of amides is 2. The van der Waals surface area contributed by atoms with Crippen LogP contribution in [0.25, 0.3) is 17.1 Å². The number of rotatable bonds is 8. The van der Waals surface area contributed by atoms with E-state index < -0.39 is 0 Å². The van der Waals surface area contributed by atoms with Crippen molar-refractivity contribution >= 4 is 23.6 Å². The lowest BCUT2D eigenvalue weighted by Crippen LogP contribution is -2.46. The van der Waals surface area contributed by atoms with E-state index in [4.69, 9.17) is 0 Å². The summed E-state index contributed by atoms with van der Waals surface area (Å²) in [6, 6.07) is 10.3. The molecule has 2 amide bonds. The van der Waals surface area contributed by atoms with Gasteiger partial charge in [-0.3, -0.25) is 19.1 Å². The average Bonchev–Trinajstić information content (AvgIpc) is 3.31. The topological polar surface area (TPSA) is 93.0 Å². The molecule has 1 N–H and O–H groups in total. The smallest absolute Gasteiger partial charge is 0.230 e. The number of likely N-dealkylation sites (tertiary alicyclic amines) is 1. The maximum atomic E-state index is 12.8. The van der Waals surface area contributed by atoms with Crippen molar-refractivity contribution in [1.82, 2.24) is 30.0 Å². The van der Waals surface area contributed by atoms with Gasteiger partial charge in [0.1, 0.15) is 0 Å². The summed E-state index contributed by atoms with van der Waals surface area (Å²) in [6.45, 7) is 7.24. The molecular weight excluding hydrogens is 460 g/mol. The SMILES string of the molecule is CCc1cccc(CC)c1-n1c(SCC(=O)NC2CCN(C(C)=O)CC2)nnc1-c1cccnc1. The molecule has 0 atom stereocenters. The number of nitrogens with zero attached hydrogens (tertiary/aromatic N) is 5. The van der Waals surface area contributed by atoms with Crippen LogP contribution in [0.5, 0.6) is 0 Å². The number of piperidine rings is 1. The van der Waals surface area contributed by atoms with E-state index in [1.165, 1.54) is 22.9 Å². The Balaban J connectivity index is 1.57. The molecule has 0 spiro atoms. The maximum absolute atomic E-state index is 12.8. The van der Waals surface area contributed by atoms with Crippen LogP contribution < -0.4 is 5.32 Å². The monoisotopic (exact) mass is 492 g/mol. The Morgan fingerprint density at radius 1 is 1.06 bits per heavy atom. The highest BCUT2D eigenvalue weighted by atomic mass is 32.2. The Kier molecular flexibility index (Phi) is 8.17. The number of carbonyl (C=O) groups is 2. The molecule has 0 aliphatic carbocycles. The molecule has 4 rings (SSSR count). The van der Waals surface area contributed by atoms with Gasteiger partial charge in [-0.15, -0.1) is 10.2 Å². The van der Waals surface area contributed by atoms with E-state index in [1.54, 1.807) is 19.3 Å². The minimum absolute atomic E-state index is 0.0340. The van der Waals surface area contributed by atoms with E-state index in [1.807, 2.05) is 17.0 Å². The van der Waals surface area contributed by atoms with Crippen LogP contribution in [0.2, 0.25) is 0 Å². The van der Waals surface area contributed by atoms with Crippen LogP contribution in [0.4, 0.5) is 0 Å². The standard InChI is InChI=1S/C26H32N6O2S/c1-4-19-8-6-9-20(5-2)24(19)32-25(21-10-7-13-27-16-21)29-30-26(32)35-17-23(34)28-22-11-14-31(15-12-22)18(3)33/h6-10,13,16,22H,4-5,11-12,14-15,17H2,1-3H3,(H,28,34). The van der Waals surface area contributed by atoms with Gasteiger partial charge in [0.15, 0.2) is 11.0 Å². The average molecular weight is 493 g/mol. The summed E-state index contributed by atoms with van der Waals surface area (Å²) >= 11 is 1.39. The fraction of sp³-hybridized carbons (Fsp3) is 0.423. The first-order valence-corrected chi connectivity index (χ1v) is 13.1. The van der Waals surface area contributed by atoms with Gasteiger partial charge in [-0.2, -0.15) is 0 Å². The molecule has 0 unspecified atom stereocenters. The fourth-order valence-electron chi connectivity index (χ4n) is 4.49. The van der Waals surface area contributed by atoms with E-state index in [-0.39, 0.29) is 23.6 Å². The first-order valence-electron chi connectivity index (χ1n) is 12.2. The summed E-state index contributed by atoms with van der Waals surface area (Å²) in [5.41, 5.74) is 4.37. The normalized spacial score (nSPS) is 14.2. The molecule has 3 aromatic rings. The molecule has 0 saturated carbocycles. The molecule has 9 heteroatoms. The molecule has 0 bridgehead atoms. The Hall–Kier alpha value is -3.20. The second kappa shape index (κ2) is 11.5. The number of aromatic nitrogens is 4. The van der Waals surface area contributed by atoms with Crippen molar-refractivity contribution in [3.8, 4) is 17.1 Å². The predicted molar refractivity (Wildman–Crippen MR) is 137 cm³/mol. The molecule has 1 aliphatic heterocycles. The van der Waals surface area contributed by atoms with E-state index in [9.17, 15) is 9.59 Å². The van der Waals surface area contributed by atoms with Crippen molar-refractivity contribution in [2.75, 3.05) is 18.8 Å². The Bertz CT molecular complexity index is 1150.